The van der Waals surface area contributed by atoms with Crippen molar-refractivity contribution in [2.75, 3.05) is 19.6 Å². The van der Waals surface area contributed by atoms with Crippen LogP contribution >= 0.6 is 0 Å². The number of nitrogens with zero attached hydrogens (tertiary/aromatic N) is 2. The molecule has 0 radical (unpaired) electrons. The zero-order valence-corrected chi connectivity index (χ0v) is 13.2. The summed E-state index contributed by atoms with van der Waals surface area (Å²) in [5.41, 5.74) is 1.10. The van der Waals surface area contributed by atoms with Gasteiger partial charge in [-0.3, -0.25) is 14.9 Å². The fraction of sp³-hybridized carbons (Fsp3) is 0.562. The van der Waals surface area contributed by atoms with Crippen molar-refractivity contribution in [2.24, 2.45) is 0 Å². The van der Waals surface area contributed by atoms with E-state index in [0.29, 0.717) is 24.1 Å². The lowest BCUT2D eigenvalue weighted by molar-refractivity contribution is -0.385. The molecule has 1 unspecified atom stereocenters. The summed E-state index contributed by atoms with van der Waals surface area (Å²) < 4.78 is 0. The van der Waals surface area contributed by atoms with Gasteiger partial charge in [0.05, 0.1) is 4.92 Å². The van der Waals surface area contributed by atoms with E-state index in [2.05, 4.69) is 5.32 Å². The third-order valence-electron chi connectivity index (χ3n) is 4.11. The molecule has 1 saturated heterocycles. The molecule has 0 aliphatic carbocycles. The summed E-state index contributed by atoms with van der Waals surface area (Å²) in [7, 11) is 0. The van der Waals surface area contributed by atoms with Crippen LogP contribution in [0.3, 0.4) is 0 Å². The molecule has 1 aliphatic rings. The van der Waals surface area contributed by atoms with Crippen molar-refractivity contribution in [1.82, 2.24) is 10.2 Å². The minimum absolute atomic E-state index is 0.0364. The molecule has 1 aliphatic heterocycles. The number of amides is 1. The molecule has 1 heterocycles. The van der Waals surface area contributed by atoms with E-state index in [-0.39, 0.29) is 17.6 Å². The van der Waals surface area contributed by atoms with Crippen LogP contribution in [0.15, 0.2) is 18.2 Å². The number of carbonyl (C=O) groups excluding carboxylic acids is 1. The molecule has 1 N–H and O–H groups in total. The predicted molar refractivity (Wildman–Crippen MR) is 85.1 cm³/mol. The topological polar surface area (TPSA) is 75.5 Å². The number of benzene rings is 1. The Hall–Kier alpha value is -1.95. The first-order valence-electron chi connectivity index (χ1n) is 7.87. The molecule has 120 valence electrons. The van der Waals surface area contributed by atoms with Gasteiger partial charge in [0.2, 0.25) is 0 Å². The first kappa shape index (κ1) is 16.4. The zero-order chi connectivity index (χ0) is 16.1. The lowest BCUT2D eigenvalue weighted by Gasteiger charge is -2.28. The number of hydrogen-bond acceptors (Lipinski definition) is 4. The van der Waals surface area contributed by atoms with Gasteiger partial charge in [-0.15, -0.1) is 0 Å². The monoisotopic (exact) mass is 305 g/mol. The number of carbonyl (C=O) groups is 1. The van der Waals surface area contributed by atoms with Crippen LogP contribution in [0.2, 0.25) is 0 Å². The lowest BCUT2D eigenvalue weighted by Crippen LogP contribution is -2.42. The Morgan fingerprint density at radius 1 is 1.45 bits per heavy atom. The summed E-state index contributed by atoms with van der Waals surface area (Å²) in [5, 5.41) is 14.4. The summed E-state index contributed by atoms with van der Waals surface area (Å²) in [5.74, 6) is -0.110. The molecule has 22 heavy (non-hydrogen) atoms. The SMILES string of the molecule is CCCN(C(=O)c1ccc(CC)c([N+](=O)[O-])c1)C1CCNC1. The molecule has 1 fully saturated rings. The number of nitro benzene ring substituents is 1. The highest BCUT2D eigenvalue weighted by Crippen LogP contribution is 2.23. The van der Waals surface area contributed by atoms with Gasteiger partial charge in [0.15, 0.2) is 0 Å². The number of nitro groups is 1. The normalized spacial score (nSPS) is 17.5. The molecular weight excluding hydrogens is 282 g/mol. The van der Waals surface area contributed by atoms with Gasteiger partial charge in [0.25, 0.3) is 11.6 Å². The zero-order valence-electron chi connectivity index (χ0n) is 13.2. The average molecular weight is 305 g/mol. The number of nitrogens with one attached hydrogen (secondary N) is 1. The van der Waals surface area contributed by atoms with E-state index < -0.39 is 4.92 Å². The van der Waals surface area contributed by atoms with E-state index in [0.717, 1.165) is 25.9 Å². The van der Waals surface area contributed by atoms with Crippen LogP contribution in [0.1, 0.15) is 42.6 Å². The Morgan fingerprint density at radius 2 is 2.23 bits per heavy atom. The first-order valence-corrected chi connectivity index (χ1v) is 7.87. The van der Waals surface area contributed by atoms with E-state index in [4.69, 9.17) is 0 Å². The van der Waals surface area contributed by atoms with Gasteiger partial charge in [-0.05, 0) is 31.9 Å². The smallest absolute Gasteiger partial charge is 0.273 e. The average Bonchev–Trinajstić information content (AvgIpc) is 3.05. The molecule has 1 atom stereocenters. The van der Waals surface area contributed by atoms with E-state index >= 15 is 0 Å². The number of rotatable bonds is 6. The molecule has 0 aromatic heterocycles. The molecule has 2 rings (SSSR count). The molecule has 0 spiro atoms. The maximum absolute atomic E-state index is 12.8. The Morgan fingerprint density at radius 3 is 2.77 bits per heavy atom. The highest BCUT2D eigenvalue weighted by molar-refractivity contribution is 5.95. The lowest BCUT2D eigenvalue weighted by atomic mass is 10.0. The van der Waals surface area contributed by atoms with Gasteiger partial charge in [-0.2, -0.15) is 0 Å². The van der Waals surface area contributed by atoms with Gasteiger partial charge in [-0.25, -0.2) is 0 Å². The van der Waals surface area contributed by atoms with Crippen molar-refractivity contribution in [2.45, 2.75) is 39.2 Å². The van der Waals surface area contributed by atoms with Crippen molar-refractivity contribution in [3.05, 3.63) is 39.4 Å². The molecule has 1 aromatic carbocycles. The first-order chi connectivity index (χ1) is 10.6. The van der Waals surface area contributed by atoms with Gasteiger partial charge < -0.3 is 10.2 Å². The molecule has 6 heteroatoms. The summed E-state index contributed by atoms with van der Waals surface area (Å²) in [6.07, 6.45) is 2.38. The summed E-state index contributed by atoms with van der Waals surface area (Å²) in [4.78, 5) is 25.4. The maximum Gasteiger partial charge on any atom is 0.273 e. The second-order valence-electron chi connectivity index (χ2n) is 5.60. The molecular formula is C16H23N3O3. The molecule has 0 bridgehead atoms. The fourth-order valence-electron chi connectivity index (χ4n) is 2.93. The van der Waals surface area contributed by atoms with Crippen LogP contribution in [0.25, 0.3) is 0 Å². The highest BCUT2D eigenvalue weighted by Gasteiger charge is 2.27. The third-order valence-corrected chi connectivity index (χ3v) is 4.11. The van der Waals surface area contributed by atoms with Crippen LogP contribution in [0.4, 0.5) is 5.69 Å². The van der Waals surface area contributed by atoms with E-state index in [9.17, 15) is 14.9 Å². The van der Waals surface area contributed by atoms with Crippen molar-refractivity contribution in [3.63, 3.8) is 0 Å². The standard InChI is InChI=1S/C16H23N3O3/c1-3-9-18(14-7-8-17-11-14)16(20)13-6-5-12(4-2)15(10-13)19(21)22/h5-6,10,14,17H,3-4,7-9,11H2,1-2H3. The second-order valence-corrected chi connectivity index (χ2v) is 5.60. The molecule has 1 aromatic rings. The summed E-state index contributed by atoms with van der Waals surface area (Å²) in [6.45, 7) is 6.28. The Labute approximate surface area is 130 Å². The van der Waals surface area contributed by atoms with E-state index in [1.165, 1.54) is 6.07 Å². The van der Waals surface area contributed by atoms with Crippen LogP contribution < -0.4 is 5.32 Å². The van der Waals surface area contributed by atoms with Gasteiger partial charge >= 0.3 is 0 Å². The fourth-order valence-corrected chi connectivity index (χ4v) is 2.93. The van der Waals surface area contributed by atoms with Crippen molar-refractivity contribution < 1.29 is 9.72 Å². The summed E-state index contributed by atoms with van der Waals surface area (Å²) in [6, 6.07) is 5.01. The highest BCUT2D eigenvalue weighted by atomic mass is 16.6. The van der Waals surface area contributed by atoms with Crippen molar-refractivity contribution in [1.29, 1.82) is 0 Å². The van der Waals surface area contributed by atoms with Crippen LogP contribution in [0, 0.1) is 10.1 Å². The largest absolute Gasteiger partial charge is 0.334 e. The predicted octanol–water partition coefficient (Wildman–Crippen LogP) is 2.37. The second kappa shape index (κ2) is 7.35. The molecule has 0 saturated carbocycles. The number of aryl methyl sites for hydroxylation is 1. The van der Waals surface area contributed by atoms with Gasteiger partial charge in [-0.1, -0.05) is 19.9 Å². The third kappa shape index (κ3) is 3.44. The van der Waals surface area contributed by atoms with E-state index in [1.807, 2.05) is 18.7 Å². The molecule has 1 amide bonds. The Kier molecular flexibility index (Phi) is 5.49. The Bertz CT molecular complexity index is 554. The minimum atomic E-state index is -0.406. The minimum Gasteiger partial charge on any atom is -0.334 e. The number of hydrogen-bond donors (Lipinski definition) is 1. The maximum atomic E-state index is 12.8. The van der Waals surface area contributed by atoms with Crippen LogP contribution in [0.5, 0.6) is 0 Å². The van der Waals surface area contributed by atoms with Crippen LogP contribution in [-0.4, -0.2) is 41.4 Å². The van der Waals surface area contributed by atoms with Crippen LogP contribution in [-0.2, 0) is 6.42 Å². The summed E-state index contributed by atoms with van der Waals surface area (Å²) >= 11 is 0. The van der Waals surface area contributed by atoms with Gasteiger partial charge in [0, 0.05) is 36.3 Å². The van der Waals surface area contributed by atoms with Gasteiger partial charge in [0.1, 0.15) is 0 Å². The quantitative estimate of drug-likeness (QED) is 0.646. The van der Waals surface area contributed by atoms with Crippen molar-refractivity contribution in [3.8, 4) is 0 Å². The molecule has 6 nitrogen and oxygen atoms in total. The van der Waals surface area contributed by atoms with Crippen molar-refractivity contribution >= 4 is 11.6 Å². The Balaban J connectivity index is 2.29. The van der Waals surface area contributed by atoms with E-state index in [1.54, 1.807) is 12.1 Å².